The molecule has 0 bridgehead atoms. The number of esters is 1. The van der Waals surface area contributed by atoms with E-state index in [4.69, 9.17) is 25.8 Å². The van der Waals surface area contributed by atoms with Gasteiger partial charge in [0.05, 0.1) is 19.7 Å². The minimum Gasteiger partial charge on any atom is -0.497 e. The third-order valence-electron chi connectivity index (χ3n) is 4.96. The molecule has 0 saturated carbocycles. The summed E-state index contributed by atoms with van der Waals surface area (Å²) in [6, 6.07) is 12.5. The number of ether oxygens (including phenoxy) is 3. The molecule has 9 heteroatoms. The van der Waals surface area contributed by atoms with Crippen molar-refractivity contribution in [1.82, 2.24) is 9.88 Å². The standard InChI is InChI=1S/C25H27ClN2O6/c1-25(2,3)34-24(31)28-20-11-8-17(26)13-16(20)14-21(28)22(29)27-19(23(30)33-5)12-15-6-9-18(32-4)10-7-15/h6-11,13-14,19H,12H2,1-5H3,(H,27,29)/t19-/m0/s1. The molecule has 1 atom stereocenters. The first kappa shape index (κ1) is 25.1. The average molecular weight is 487 g/mol. The van der Waals surface area contributed by atoms with E-state index >= 15 is 0 Å². The van der Waals surface area contributed by atoms with E-state index in [1.165, 1.54) is 17.7 Å². The molecule has 3 aromatic rings. The molecule has 0 aliphatic heterocycles. The third-order valence-corrected chi connectivity index (χ3v) is 5.20. The fourth-order valence-electron chi connectivity index (χ4n) is 3.42. The molecule has 0 unspecified atom stereocenters. The molecule has 1 amide bonds. The van der Waals surface area contributed by atoms with Gasteiger partial charge in [0.1, 0.15) is 23.1 Å². The Hall–Kier alpha value is -3.52. The monoisotopic (exact) mass is 486 g/mol. The smallest absolute Gasteiger partial charge is 0.419 e. The van der Waals surface area contributed by atoms with Crippen LogP contribution in [0.2, 0.25) is 5.02 Å². The lowest BCUT2D eigenvalue weighted by molar-refractivity contribution is -0.142. The third kappa shape index (κ3) is 5.88. The molecule has 0 radical (unpaired) electrons. The minimum absolute atomic E-state index is 0.00940. The lowest BCUT2D eigenvalue weighted by atomic mass is 10.1. The van der Waals surface area contributed by atoms with E-state index in [2.05, 4.69) is 5.32 Å². The van der Waals surface area contributed by atoms with E-state index in [1.807, 2.05) is 0 Å². The summed E-state index contributed by atoms with van der Waals surface area (Å²) in [7, 11) is 2.80. The van der Waals surface area contributed by atoms with Crippen LogP contribution in [0.5, 0.6) is 5.75 Å². The van der Waals surface area contributed by atoms with Crippen LogP contribution in [0.3, 0.4) is 0 Å². The number of nitrogens with zero attached hydrogens (tertiary/aromatic N) is 1. The summed E-state index contributed by atoms with van der Waals surface area (Å²) in [5.41, 5.74) is 0.469. The summed E-state index contributed by atoms with van der Waals surface area (Å²) >= 11 is 6.11. The Morgan fingerprint density at radius 2 is 1.71 bits per heavy atom. The number of methoxy groups -OCH3 is 2. The van der Waals surface area contributed by atoms with E-state index < -0.39 is 29.6 Å². The average Bonchev–Trinajstić information content (AvgIpc) is 3.16. The van der Waals surface area contributed by atoms with Gasteiger partial charge >= 0.3 is 12.1 Å². The van der Waals surface area contributed by atoms with Crippen molar-refractivity contribution in [2.45, 2.75) is 38.8 Å². The first-order chi connectivity index (χ1) is 16.0. The van der Waals surface area contributed by atoms with Crippen LogP contribution in [-0.4, -0.2) is 48.4 Å². The van der Waals surface area contributed by atoms with Gasteiger partial charge in [-0.3, -0.25) is 4.79 Å². The van der Waals surface area contributed by atoms with Gasteiger partial charge in [0.15, 0.2) is 0 Å². The summed E-state index contributed by atoms with van der Waals surface area (Å²) < 4.78 is 16.7. The van der Waals surface area contributed by atoms with E-state index in [0.29, 0.717) is 21.7 Å². The maximum absolute atomic E-state index is 13.3. The molecule has 180 valence electrons. The fraction of sp³-hybridized carbons (Fsp3) is 0.320. The van der Waals surface area contributed by atoms with Gasteiger partial charge in [-0.1, -0.05) is 23.7 Å². The van der Waals surface area contributed by atoms with E-state index in [-0.39, 0.29) is 12.1 Å². The molecule has 0 aliphatic rings. The molecule has 1 heterocycles. The van der Waals surface area contributed by atoms with Crippen molar-refractivity contribution in [3.05, 3.63) is 64.8 Å². The second kappa shape index (κ2) is 10.2. The number of hydrogen-bond donors (Lipinski definition) is 1. The molecular formula is C25H27ClN2O6. The molecule has 0 saturated heterocycles. The van der Waals surface area contributed by atoms with Crippen molar-refractivity contribution in [3.8, 4) is 5.75 Å². The first-order valence-corrected chi connectivity index (χ1v) is 11.0. The van der Waals surface area contributed by atoms with Crippen LogP contribution >= 0.6 is 11.6 Å². The molecule has 2 aromatic carbocycles. The maximum Gasteiger partial charge on any atom is 0.419 e. The molecule has 0 spiro atoms. The van der Waals surface area contributed by atoms with Gasteiger partial charge in [0.2, 0.25) is 0 Å². The molecule has 1 N–H and O–H groups in total. The lowest BCUT2D eigenvalue weighted by Gasteiger charge is -2.21. The first-order valence-electron chi connectivity index (χ1n) is 10.6. The van der Waals surface area contributed by atoms with Crippen LogP contribution in [-0.2, 0) is 20.7 Å². The minimum atomic E-state index is -0.986. The van der Waals surface area contributed by atoms with Crippen molar-refractivity contribution in [3.63, 3.8) is 0 Å². The van der Waals surface area contributed by atoms with Gasteiger partial charge in [0, 0.05) is 16.8 Å². The Morgan fingerprint density at radius 1 is 1.03 bits per heavy atom. The van der Waals surface area contributed by atoms with Gasteiger partial charge in [-0.25, -0.2) is 14.2 Å². The zero-order valence-electron chi connectivity index (χ0n) is 19.7. The Bertz CT molecular complexity index is 1210. The van der Waals surface area contributed by atoms with Crippen molar-refractivity contribution in [1.29, 1.82) is 0 Å². The van der Waals surface area contributed by atoms with Gasteiger partial charge in [-0.05, 0) is 62.7 Å². The zero-order chi connectivity index (χ0) is 25.0. The molecule has 1 aromatic heterocycles. The van der Waals surface area contributed by atoms with Crippen molar-refractivity contribution in [2.75, 3.05) is 14.2 Å². The molecule has 3 rings (SSSR count). The summed E-state index contributed by atoms with van der Waals surface area (Å²) in [4.78, 5) is 38.8. The quantitative estimate of drug-likeness (QED) is 0.511. The Labute approximate surface area is 202 Å². The Balaban J connectivity index is 1.96. The van der Waals surface area contributed by atoms with Gasteiger partial charge in [-0.2, -0.15) is 0 Å². The molecule has 0 fully saturated rings. The Morgan fingerprint density at radius 3 is 2.29 bits per heavy atom. The summed E-state index contributed by atoms with van der Waals surface area (Å²) in [6.07, 6.45) is -0.541. The number of carbonyl (C=O) groups is 3. The number of benzene rings is 2. The predicted molar refractivity (Wildman–Crippen MR) is 129 cm³/mol. The summed E-state index contributed by atoms with van der Waals surface area (Å²) in [6.45, 7) is 5.19. The Kier molecular flexibility index (Phi) is 7.51. The van der Waals surface area contributed by atoms with Gasteiger partial charge in [-0.15, -0.1) is 0 Å². The second-order valence-corrected chi connectivity index (χ2v) is 9.09. The van der Waals surface area contributed by atoms with Crippen LogP contribution in [0, 0.1) is 0 Å². The predicted octanol–water partition coefficient (Wildman–Crippen LogP) is 4.60. The number of nitrogens with one attached hydrogen (secondary N) is 1. The van der Waals surface area contributed by atoms with Crippen LogP contribution in [0.15, 0.2) is 48.5 Å². The SMILES string of the molecule is COC(=O)[C@H](Cc1ccc(OC)cc1)NC(=O)c1cc2cc(Cl)ccc2n1C(=O)OC(C)(C)C. The van der Waals surface area contributed by atoms with Crippen LogP contribution in [0.25, 0.3) is 10.9 Å². The van der Waals surface area contributed by atoms with Gasteiger partial charge < -0.3 is 19.5 Å². The summed E-state index contributed by atoms with van der Waals surface area (Å²) in [5.74, 6) is -0.586. The highest BCUT2D eigenvalue weighted by Gasteiger charge is 2.28. The molecule has 8 nitrogen and oxygen atoms in total. The van der Waals surface area contributed by atoms with Crippen molar-refractivity contribution >= 4 is 40.5 Å². The fourth-order valence-corrected chi connectivity index (χ4v) is 3.60. The maximum atomic E-state index is 13.3. The van der Waals surface area contributed by atoms with Crippen molar-refractivity contribution in [2.24, 2.45) is 0 Å². The summed E-state index contributed by atoms with van der Waals surface area (Å²) in [5, 5.41) is 3.72. The number of halogens is 1. The number of carbonyl (C=O) groups excluding carboxylic acids is 3. The van der Waals surface area contributed by atoms with Crippen LogP contribution < -0.4 is 10.1 Å². The topological polar surface area (TPSA) is 95.9 Å². The molecule has 34 heavy (non-hydrogen) atoms. The molecular weight excluding hydrogens is 460 g/mol. The van der Waals surface area contributed by atoms with Crippen LogP contribution in [0.1, 0.15) is 36.8 Å². The van der Waals surface area contributed by atoms with E-state index in [9.17, 15) is 14.4 Å². The molecule has 0 aliphatic carbocycles. The zero-order valence-corrected chi connectivity index (χ0v) is 20.4. The van der Waals surface area contributed by atoms with Crippen LogP contribution in [0.4, 0.5) is 4.79 Å². The number of fused-ring (bicyclic) bond motifs is 1. The highest BCUT2D eigenvalue weighted by molar-refractivity contribution is 6.31. The lowest BCUT2D eigenvalue weighted by Crippen LogP contribution is -2.44. The highest BCUT2D eigenvalue weighted by Crippen LogP contribution is 2.25. The largest absolute Gasteiger partial charge is 0.497 e. The normalized spacial score (nSPS) is 12.2. The highest BCUT2D eigenvalue weighted by atomic mass is 35.5. The van der Waals surface area contributed by atoms with E-state index in [1.54, 1.807) is 70.3 Å². The number of aromatic nitrogens is 1. The van der Waals surface area contributed by atoms with Gasteiger partial charge in [0.25, 0.3) is 5.91 Å². The van der Waals surface area contributed by atoms with E-state index in [0.717, 1.165) is 5.56 Å². The number of rotatable bonds is 6. The second-order valence-electron chi connectivity index (χ2n) is 8.65. The van der Waals surface area contributed by atoms with Crippen molar-refractivity contribution < 1.29 is 28.6 Å². The number of hydrogen-bond acceptors (Lipinski definition) is 6. The number of amides is 1.